The van der Waals surface area contributed by atoms with Crippen molar-refractivity contribution in [3.05, 3.63) is 59.7 Å². The largest absolute Gasteiger partial charge is 0.457 e. The molecule has 29 heavy (non-hydrogen) atoms. The van der Waals surface area contributed by atoms with Crippen LogP contribution in [0.3, 0.4) is 0 Å². The summed E-state index contributed by atoms with van der Waals surface area (Å²) in [5, 5.41) is 2.74. The number of nitrogens with one attached hydrogen (secondary N) is 1. The molecule has 3 rings (SSSR count). The first kappa shape index (κ1) is 21.1. The second-order valence-electron chi connectivity index (χ2n) is 7.25. The van der Waals surface area contributed by atoms with Gasteiger partial charge in [0.1, 0.15) is 0 Å². The molecule has 1 aliphatic carbocycles. The van der Waals surface area contributed by atoms with Gasteiger partial charge in [-0.25, -0.2) is 0 Å². The van der Waals surface area contributed by atoms with E-state index >= 15 is 0 Å². The van der Waals surface area contributed by atoms with E-state index in [-0.39, 0.29) is 24.3 Å². The Kier molecular flexibility index (Phi) is 6.75. The van der Waals surface area contributed by atoms with E-state index in [1.807, 2.05) is 36.6 Å². The highest BCUT2D eigenvalue weighted by molar-refractivity contribution is 7.98. The van der Waals surface area contributed by atoms with Crippen LogP contribution in [0.5, 0.6) is 0 Å². The van der Waals surface area contributed by atoms with Gasteiger partial charge in [-0.2, -0.15) is 0 Å². The van der Waals surface area contributed by atoms with E-state index in [1.54, 1.807) is 18.2 Å². The van der Waals surface area contributed by atoms with Crippen LogP contribution in [-0.4, -0.2) is 30.5 Å². The Morgan fingerprint density at radius 2 is 1.76 bits per heavy atom. The van der Waals surface area contributed by atoms with Crippen LogP contribution < -0.4 is 5.32 Å². The smallest absolute Gasteiger partial charge is 0.317 e. The minimum Gasteiger partial charge on any atom is -0.457 e. The first-order chi connectivity index (χ1) is 14.0. The second kappa shape index (κ2) is 9.27. The molecule has 0 spiro atoms. The van der Waals surface area contributed by atoms with Crippen molar-refractivity contribution in [2.24, 2.45) is 0 Å². The molecular weight excluding hydrogens is 386 g/mol. The van der Waals surface area contributed by atoms with E-state index in [1.165, 1.54) is 18.7 Å². The highest BCUT2D eigenvalue weighted by atomic mass is 32.2. The molecule has 6 heteroatoms. The van der Waals surface area contributed by atoms with Crippen molar-refractivity contribution < 1.29 is 19.1 Å². The van der Waals surface area contributed by atoms with Gasteiger partial charge in [-0.3, -0.25) is 14.4 Å². The molecule has 0 aromatic heterocycles. The number of hydrogen-bond acceptors (Lipinski definition) is 5. The van der Waals surface area contributed by atoms with Gasteiger partial charge in [0.25, 0.3) is 0 Å². The molecule has 0 unspecified atom stereocenters. The molecular formula is C23H25NO4S. The summed E-state index contributed by atoms with van der Waals surface area (Å²) >= 11 is 1.48. The van der Waals surface area contributed by atoms with Gasteiger partial charge in [0.15, 0.2) is 12.4 Å². The van der Waals surface area contributed by atoms with Gasteiger partial charge in [0.2, 0.25) is 5.91 Å². The van der Waals surface area contributed by atoms with Crippen molar-refractivity contribution in [3.8, 4) is 0 Å². The highest BCUT2D eigenvalue weighted by Crippen LogP contribution is 2.42. The average molecular weight is 412 g/mol. The van der Waals surface area contributed by atoms with Crippen LogP contribution in [0.15, 0.2) is 53.4 Å². The van der Waals surface area contributed by atoms with Gasteiger partial charge in [0.05, 0.1) is 11.1 Å². The molecule has 0 heterocycles. The third-order valence-corrected chi connectivity index (χ3v) is 6.14. The highest BCUT2D eigenvalue weighted by Gasteiger charge is 2.44. The number of carbonyl (C=O) groups is 3. The van der Waals surface area contributed by atoms with E-state index < -0.39 is 5.41 Å². The molecule has 0 radical (unpaired) electrons. The molecule has 5 nitrogen and oxygen atoms in total. The monoisotopic (exact) mass is 411 g/mol. The van der Waals surface area contributed by atoms with Crippen molar-refractivity contribution in [3.63, 3.8) is 0 Å². The van der Waals surface area contributed by atoms with Crippen LogP contribution in [0.2, 0.25) is 0 Å². The number of esters is 1. The van der Waals surface area contributed by atoms with Gasteiger partial charge in [-0.1, -0.05) is 49.2 Å². The molecule has 0 bridgehead atoms. The topological polar surface area (TPSA) is 72.5 Å². The molecule has 0 atom stereocenters. The zero-order chi connectivity index (χ0) is 20.9. The molecule has 1 N–H and O–H groups in total. The number of carbonyl (C=O) groups excluding carboxylic acids is 3. The first-order valence-electron chi connectivity index (χ1n) is 9.68. The number of anilines is 1. The van der Waals surface area contributed by atoms with Crippen molar-refractivity contribution >= 4 is 35.1 Å². The molecule has 0 saturated heterocycles. The van der Waals surface area contributed by atoms with E-state index in [4.69, 9.17) is 4.74 Å². The molecule has 0 aliphatic heterocycles. The predicted octanol–water partition coefficient (Wildman–Crippen LogP) is 4.60. The SMILES string of the molecule is CSc1ccc(C(=O)COC(=O)C2(c3ccccc3)CCCC2)cc1NC(C)=O. The van der Waals surface area contributed by atoms with E-state index in [9.17, 15) is 14.4 Å². The molecule has 1 amide bonds. The molecule has 1 aliphatic rings. The van der Waals surface area contributed by atoms with Crippen molar-refractivity contribution in [2.45, 2.75) is 42.9 Å². The number of thioether (sulfide) groups is 1. The summed E-state index contributed by atoms with van der Waals surface area (Å²) in [5.41, 5.74) is 1.27. The summed E-state index contributed by atoms with van der Waals surface area (Å²) in [4.78, 5) is 37.9. The fourth-order valence-corrected chi connectivity index (χ4v) is 4.40. The molecule has 2 aromatic rings. The lowest BCUT2D eigenvalue weighted by atomic mass is 9.79. The first-order valence-corrected chi connectivity index (χ1v) is 10.9. The normalized spacial score (nSPS) is 15.0. The number of rotatable bonds is 7. The van der Waals surface area contributed by atoms with E-state index in [0.717, 1.165) is 36.1 Å². The maximum Gasteiger partial charge on any atom is 0.317 e. The van der Waals surface area contributed by atoms with E-state index in [2.05, 4.69) is 5.32 Å². The van der Waals surface area contributed by atoms with Gasteiger partial charge in [0, 0.05) is 17.4 Å². The summed E-state index contributed by atoms with van der Waals surface area (Å²) in [6.07, 6.45) is 5.30. The Labute approximate surface area is 175 Å². The summed E-state index contributed by atoms with van der Waals surface area (Å²) in [6, 6.07) is 14.8. The van der Waals surface area contributed by atoms with Crippen molar-refractivity contribution in [2.75, 3.05) is 18.2 Å². The van der Waals surface area contributed by atoms with Crippen molar-refractivity contribution in [1.29, 1.82) is 0 Å². The van der Waals surface area contributed by atoms with Gasteiger partial charge in [-0.15, -0.1) is 11.8 Å². The molecule has 152 valence electrons. The quantitative estimate of drug-likeness (QED) is 0.409. The maximum atomic E-state index is 13.0. The van der Waals surface area contributed by atoms with Gasteiger partial charge in [-0.05, 0) is 36.8 Å². The average Bonchev–Trinajstić information content (AvgIpc) is 3.23. The zero-order valence-corrected chi connectivity index (χ0v) is 17.5. The summed E-state index contributed by atoms with van der Waals surface area (Å²) in [6.45, 7) is 1.11. The lowest BCUT2D eigenvalue weighted by Crippen LogP contribution is -2.35. The molecule has 2 aromatic carbocycles. The maximum absolute atomic E-state index is 13.0. The molecule has 1 fully saturated rings. The number of hydrogen-bond donors (Lipinski definition) is 1. The minimum absolute atomic E-state index is 0.206. The van der Waals surface area contributed by atoms with Crippen LogP contribution in [0.1, 0.15) is 48.5 Å². The third-order valence-electron chi connectivity index (χ3n) is 5.34. The van der Waals surface area contributed by atoms with Crippen LogP contribution in [-0.2, 0) is 19.7 Å². The van der Waals surface area contributed by atoms with Gasteiger partial charge >= 0.3 is 5.97 Å². The summed E-state index contributed by atoms with van der Waals surface area (Å²) in [7, 11) is 0. The minimum atomic E-state index is -0.661. The fourth-order valence-electron chi connectivity index (χ4n) is 3.87. The summed E-state index contributed by atoms with van der Waals surface area (Å²) < 4.78 is 5.50. The standard InChI is InChI=1S/C23H25NO4S/c1-16(25)24-19-14-17(10-11-21(19)29-2)20(26)15-28-22(27)23(12-6-7-13-23)18-8-4-3-5-9-18/h3-5,8-11,14H,6-7,12-13,15H2,1-2H3,(H,24,25). The number of ether oxygens (including phenoxy) is 1. The zero-order valence-electron chi connectivity index (χ0n) is 16.7. The Morgan fingerprint density at radius 1 is 1.07 bits per heavy atom. The van der Waals surface area contributed by atoms with Crippen LogP contribution >= 0.6 is 11.8 Å². The predicted molar refractivity (Wildman–Crippen MR) is 114 cm³/mol. The van der Waals surface area contributed by atoms with Crippen LogP contribution in [0.25, 0.3) is 0 Å². The number of ketones is 1. The molecule has 1 saturated carbocycles. The lowest BCUT2D eigenvalue weighted by Gasteiger charge is -2.27. The fraction of sp³-hybridized carbons (Fsp3) is 0.348. The Balaban J connectivity index is 1.73. The van der Waals surface area contributed by atoms with Crippen molar-refractivity contribution in [1.82, 2.24) is 0 Å². The Morgan fingerprint density at radius 3 is 2.38 bits per heavy atom. The van der Waals surface area contributed by atoms with Crippen LogP contribution in [0, 0.1) is 0 Å². The second-order valence-corrected chi connectivity index (χ2v) is 8.10. The lowest BCUT2D eigenvalue weighted by molar-refractivity contribution is -0.149. The van der Waals surface area contributed by atoms with Crippen LogP contribution in [0.4, 0.5) is 5.69 Å². The Bertz CT molecular complexity index is 904. The Hall–Kier alpha value is -2.60. The number of amides is 1. The number of benzene rings is 2. The number of Topliss-reactive ketones (excluding diaryl/α,β-unsaturated/α-hetero) is 1. The summed E-state index contributed by atoms with van der Waals surface area (Å²) in [5.74, 6) is -0.835. The van der Waals surface area contributed by atoms with Gasteiger partial charge < -0.3 is 10.1 Å². The van der Waals surface area contributed by atoms with E-state index in [0.29, 0.717) is 11.3 Å². The third kappa shape index (κ3) is 4.70.